The number of halogens is 1. The SMILES string of the molecule is COCC1(O)CN(c2ccc(S(C)(=O)=O)cc2)C(c2ccc(Cl)cc2)=N1. The van der Waals surface area contributed by atoms with Crippen LogP contribution in [0.3, 0.4) is 0 Å². The Morgan fingerprint density at radius 3 is 2.35 bits per heavy atom. The molecule has 26 heavy (non-hydrogen) atoms. The van der Waals surface area contributed by atoms with Crippen molar-refractivity contribution in [3.8, 4) is 0 Å². The van der Waals surface area contributed by atoms with Crippen molar-refractivity contribution in [2.75, 3.05) is 31.4 Å². The molecular formula is C18H19ClN2O4S. The van der Waals surface area contributed by atoms with Crippen LogP contribution in [0.15, 0.2) is 58.4 Å². The summed E-state index contributed by atoms with van der Waals surface area (Å²) in [5.74, 6) is 0.563. The number of aliphatic imine (C=N–C) groups is 1. The molecule has 8 heteroatoms. The highest BCUT2D eigenvalue weighted by Gasteiger charge is 2.38. The monoisotopic (exact) mass is 394 g/mol. The van der Waals surface area contributed by atoms with E-state index in [-0.39, 0.29) is 18.0 Å². The summed E-state index contributed by atoms with van der Waals surface area (Å²) in [5.41, 5.74) is 0.117. The maximum atomic E-state index is 11.7. The van der Waals surface area contributed by atoms with E-state index >= 15 is 0 Å². The van der Waals surface area contributed by atoms with Gasteiger partial charge in [-0.3, -0.25) is 0 Å². The lowest BCUT2D eigenvalue weighted by atomic mass is 10.1. The molecule has 0 radical (unpaired) electrons. The van der Waals surface area contributed by atoms with E-state index in [9.17, 15) is 13.5 Å². The average Bonchev–Trinajstić information content (AvgIpc) is 2.93. The number of aliphatic hydroxyl groups is 1. The van der Waals surface area contributed by atoms with Crippen LogP contribution in [0, 0.1) is 0 Å². The first-order valence-electron chi connectivity index (χ1n) is 7.87. The fraction of sp³-hybridized carbons (Fsp3) is 0.278. The number of methoxy groups -OCH3 is 1. The summed E-state index contributed by atoms with van der Waals surface area (Å²) in [6.07, 6.45) is 1.16. The van der Waals surface area contributed by atoms with Gasteiger partial charge < -0.3 is 14.7 Å². The number of anilines is 1. The normalized spacial score (nSPS) is 20.3. The van der Waals surface area contributed by atoms with Crippen molar-refractivity contribution < 1.29 is 18.3 Å². The fourth-order valence-electron chi connectivity index (χ4n) is 2.84. The molecule has 3 rings (SSSR count). The van der Waals surface area contributed by atoms with Crippen molar-refractivity contribution in [1.82, 2.24) is 0 Å². The molecule has 0 amide bonds. The molecule has 2 aromatic carbocycles. The van der Waals surface area contributed by atoms with Gasteiger partial charge in [0.1, 0.15) is 5.84 Å². The van der Waals surface area contributed by atoms with Crippen molar-refractivity contribution in [2.24, 2.45) is 4.99 Å². The third-order valence-corrected chi connectivity index (χ3v) is 5.42. The molecule has 0 saturated carbocycles. The zero-order valence-electron chi connectivity index (χ0n) is 14.4. The van der Waals surface area contributed by atoms with Crippen LogP contribution in [0.1, 0.15) is 5.56 Å². The number of β-amino-alcohol motifs (C(OH)–C–C–N with tert-alkyl or cyclic N) is 1. The highest BCUT2D eigenvalue weighted by atomic mass is 35.5. The third kappa shape index (κ3) is 3.91. The molecule has 6 nitrogen and oxygen atoms in total. The average molecular weight is 395 g/mol. The molecular weight excluding hydrogens is 376 g/mol. The summed E-state index contributed by atoms with van der Waals surface area (Å²) in [7, 11) is -1.78. The lowest BCUT2D eigenvalue weighted by molar-refractivity contribution is -0.0111. The largest absolute Gasteiger partial charge is 0.380 e. The van der Waals surface area contributed by atoms with Crippen LogP contribution < -0.4 is 4.90 Å². The maximum Gasteiger partial charge on any atom is 0.199 e. The lowest BCUT2D eigenvalue weighted by Crippen LogP contribution is -2.39. The molecule has 1 aliphatic heterocycles. The van der Waals surface area contributed by atoms with Gasteiger partial charge in [0.05, 0.1) is 18.0 Å². The first-order chi connectivity index (χ1) is 12.2. The number of ether oxygens (including phenoxy) is 1. The Morgan fingerprint density at radius 1 is 1.19 bits per heavy atom. The number of sulfone groups is 1. The van der Waals surface area contributed by atoms with Gasteiger partial charge in [-0.2, -0.15) is 0 Å². The second-order valence-electron chi connectivity index (χ2n) is 6.21. The standard InChI is InChI=1S/C18H19ClN2O4S/c1-25-12-18(22)11-21(15-7-9-16(10-8-15)26(2,23)24)17(20-18)13-3-5-14(19)6-4-13/h3-10,22H,11-12H2,1-2H3. The van der Waals surface area contributed by atoms with E-state index in [1.807, 2.05) is 17.0 Å². The molecule has 0 fully saturated rings. The number of benzene rings is 2. The molecule has 0 bridgehead atoms. The van der Waals surface area contributed by atoms with Crippen LogP contribution in [0.4, 0.5) is 5.69 Å². The van der Waals surface area contributed by atoms with Gasteiger partial charge in [-0.1, -0.05) is 11.6 Å². The Labute approximate surface area is 157 Å². The summed E-state index contributed by atoms with van der Waals surface area (Å²) < 4.78 is 28.4. The Hall–Kier alpha value is -1.93. The summed E-state index contributed by atoms with van der Waals surface area (Å²) in [6, 6.07) is 13.6. The Kier molecular flexibility index (Phi) is 5.07. The highest BCUT2D eigenvalue weighted by molar-refractivity contribution is 7.90. The molecule has 0 saturated heterocycles. The second kappa shape index (κ2) is 7.00. The lowest BCUT2D eigenvalue weighted by Gasteiger charge is -2.24. The topological polar surface area (TPSA) is 79.2 Å². The minimum absolute atomic E-state index is 0.0437. The van der Waals surface area contributed by atoms with E-state index in [2.05, 4.69) is 4.99 Å². The first kappa shape index (κ1) is 18.8. The van der Waals surface area contributed by atoms with Crippen molar-refractivity contribution in [3.05, 3.63) is 59.1 Å². The van der Waals surface area contributed by atoms with E-state index in [0.717, 1.165) is 17.5 Å². The Bertz CT molecular complexity index is 927. The Morgan fingerprint density at radius 2 is 1.81 bits per heavy atom. The molecule has 1 unspecified atom stereocenters. The van der Waals surface area contributed by atoms with Crippen LogP contribution in [-0.2, 0) is 14.6 Å². The number of nitrogens with zero attached hydrogens (tertiary/aromatic N) is 2. The molecule has 1 heterocycles. The van der Waals surface area contributed by atoms with Gasteiger partial charge in [-0.25, -0.2) is 13.4 Å². The smallest absolute Gasteiger partial charge is 0.199 e. The molecule has 0 aliphatic carbocycles. The van der Waals surface area contributed by atoms with Crippen molar-refractivity contribution in [3.63, 3.8) is 0 Å². The van der Waals surface area contributed by atoms with E-state index in [0.29, 0.717) is 10.9 Å². The molecule has 0 spiro atoms. The predicted octanol–water partition coefficient (Wildman–Crippen LogP) is 2.35. The van der Waals surface area contributed by atoms with Gasteiger partial charge in [0, 0.05) is 29.6 Å². The fourth-order valence-corrected chi connectivity index (χ4v) is 3.59. The zero-order chi connectivity index (χ0) is 18.9. The van der Waals surface area contributed by atoms with Crippen LogP contribution in [0.25, 0.3) is 0 Å². The quantitative estimate of drug-likeness (QED) is 0.842. The minimum atomic E-state index is -3.28. The first-order valence-corrected chi connectivity index (χ1v) is 10.1. The van der Waals surface area contributed by atoms with E-state index < -0.39 is 15.6 Å². The molecule has 138 valence electrons. The van der Waals surface area contributed by atoms with Gasteiger partial charge in [-0.05, 0) is 48.5 Å². The van der Waals surface area contributed by atoms with E-state index in [4.69, 9.17) is 16.3 Å². The number of hydrogen-bond acceptors (Lipinski definition) is 6. The molecule has 1 atom stereocenters. The van der Waals surface area contributed by atoms with Crippen LogP contribution in [-0.4, -0.2) is 51.6 Å². The zero-order valence-corrected chi connectivity index (χ0v) is 16.0. The van der Waals surface area contributed by atoms with Crippen LogP contribution in [0.5, 0.6) is 0 Å². The van der Waals surface area contributed by atoms with Gasteiger partial charge in [-0.15, -0.1) is 0 Å². The van der Waals surface area contributed by atoms with Gasteiger partial charge >= 0.3 is 0 Å². The molecule has 1 N–H and O–H groups in total. The van der Waals surface area contributed by atoms with Crippen molar-refractivity contribution >= 4 is 33.0 Å². The minimum Gasteiger partial charge on any atom is -0.380 e. The molecule has 1 aliphatic rings. The predicted molar refractivity (Wildman–Crippen MR) is 102 cm³/mol. The van der Waals surface area contributed by atoms with Crippen LogP contribution in [0.2, 0.25) is 5.02 Å². The van der Waals surface area contributed by atoms with Gasteiger partial charge in [0.25, 0.3) is 0 Å². The second-order valence-corrected chi connectivity index (χ2v) is 8.66. The number of amidine groups is 1. The molecule has 0 aromatic heterocycles. The van der Waals surface area contributed by atoms with Gasteiger partial charge in [0.15, 0.2) is 15.6 Å². The summed E-state index contributed by atoms with van der Waals surface area (Å²) >= 11 is 5.96. The summed E-state index contributed by atoms with van der Waals surface area (Å²) in [5, 5.41) is 11.3. The summed E-state index contributed by atoms with van der Waals surface area (Å²) in [4.78, 5) is 6.51. The highest BCUT2D eigenvalue weighted by Crippen LogP contribution is 2.29. The Balaban J connectivity index is 2.01. The van der Waals surface area contributed by atoms with Crippen molar-refractivity contribution in [2.45, 2.75) is 10.6 Å². The number of hydrogen-bond donors (Lipinski definition) is 1. The maximum absolute atomic E-state index is 11.7. The van der Waals surface area contributed by atoms with E-state index in [1.165, 1.54) is 19.2 Å². The van der Waals surface area contributed by atoms with Crippen molar-refractivity contribution in [1.29, 1.82) is 0 Å². The van der Waals surface area contributed by atoms with Gasteiger partial charge in [0.2, 0.25) is 0 Å². The van der Waals surface area contributed by atoms with Crippen LogP contribution >= 0.6 is 11.6 Å². The third-order valence-electron chi connectivity index (χ3n) is 4.04. The van der Waals surface area contributed by atoms with E-state index in [1.54, 1.807) is 24.3 Å². The molecule has 2 aromatic rings. The summed E-state index contributed by atoms with van der Waals surface area (Å²) in [6.45, 7) is 0.235. The number of rotatable bonds is 5.